The molecule has 0 aromatic heterocycles. The Kier molecular flexibility index (Phi) is 6.27. The van der Waals surface area contributed by atoms with Gasteiger partial charge in [0, 0.05) is 18.3 Å². The molecule has 0 radical (unpaired) electrons. The van der Waals surface area contributed by atoms with Gasteiger partial charge in [-0.2, -0.15) is 0 Å². The van der Waals surface area contributed by atoms with E-state index in [9.17, 15) is 4.39 Å². The number of methoxy groups -OCH3 is 1. The summed E-state index contributed by atoms with van der Waals surface area (Å²) in [7, 11) is 3.73. The van der Waals surface area contributed by atoms with E-state index in [4.69, 9.17) is 4.74 Å². The number of benzene rings is 1. The highest BCUT2D eigenvalue weighted by Gasteiger charge is 2.41. The van der Waals surface area contributed by atoms with Crippen LogP contribution in [0.5, 0.6) is 5.75 Å². The number of hydrogen-bond acceptors (Lipinski definition) is 5. The molecule has 1 saturated heterocycles. The summed E-state index contributed by atoms with van der Waals surface area (Å²) < 4.78 is 19.4. The molecule has 2 atom stereocenters. The summed E-state index contributed by atoms with van der Waals surface area (Å²) in [5.74, 6) is 1.22. The third kappa shape index (κ3) is 4.24. The molecule has 1 heterocycles. The SMILES string of the molecule is C/C=C\C(NC1NN(C)C(C2CC2)S1)=C(/CC)c1cc(F)ccc1OC. The molecule has 1 aliphatic carbocycles. The number of hydrogen-bond donors (Lipinski definition) is 2. The molecule has 0 bridgehead atoms. The van der Waals surface area contributed by atoms with Gasteiger partial charge in [0.2, 0.25) is 0 Å². The first-order valence-electron chi connectivity index (χ1n) is 9.18. The molecule has 2 N–H and O–H groups in total. The molecule has 1 saturated carbocycles. The summed E-state index contributed by atoms with van der Waals surface area (Å²) in [5.41, 5.74) is 6.42. The lowest BCUT2D eigenvalue weighted by Crippen LogP contribution is -2.42. The topological polar surface area (TPSA) is 36.5 Å². The fraction of sp³-hybridized carbons (Fsp3) is 0.500. The number of thioether (sulfide) groups is 1. The van der Waals surface area contributed by atoms with Crippen LogP contribution in [0.25, 0.3) is 5.57 Å². The van der Waals surface area contributed by atoms with Crippen molar-refractivity contribution in [3.63, 3.8) is 0 Å². The van der Waals surface area contributed by atoms with Crippen molar-refractivity contribution in [2.45, 2.75) is 44.0 Å². The molecular weight excluding hydrogens is 349 g/mol. The van der Waals surface area contributed by atoms with Crippen LogP contribution in [0.3, 0.4) is 0 Å². The highest BCUT2D eigenvalue weighted by molar-refractivity contribution is 8.00. The molecule has 0 amide bonds. The largest absolute Gasteiger partial charge is 0.496 e. The normalized spacial score (nSPS) is 24.8. The zero-order valence-electron chi connectivity index (χ0n) is 15.9. The quantitative estimate of drug-likeness (QED) is 0.692. The first-order chi connectivity index (χ1) is 12.6. The predicted molar refractivity (Wildman–Crippen MR) is 107 cm³/mol. The van der Waals surface area contributed by atoms with Gasteiger partial charge >= 0.3 is 0 Å². The molecule has 2 fully saturated rings. The van der Waals surface area contributed by atoms with Crippen molar-refractivity contribution in [2.24, 2.45) is 5.92 Å². The Morgan fingerprint density at radius 2 is 2.23 bits per heavy atom. The molecule has 1 aromatic rings. The van der Waals surface area contributed by atoms with E-state index in [-0.39, 0.29) is 11.3 Å². The van der Waals surface area contributed by atoms with E-state index in [1.54, 1.807) is 19.2 Å². The summed E-state index contributed by atoms with van der Waals surface area (Å²) in [6, 6.07) is 4.67. The summed E-state index contributed by atoms with van der Waals surface area (Å²) in [5, 5.41) is 6.32. The lowest BCUT2D eigenvalue weighted by molar-refractivity contribution is 0.215. The van der Waals surface area contributed by atoms with Crippen molar-refractivity contribution in [3.05, 3.63) is 47.4 Å². The average Bonchev–Trinajstić information content (AvgIpc) is 3.39. The van der Waals surface area contributed by atoms with Crippen molar-refractivity contribution < 1.29 is 9.13 Å². The van der Waals surface area contributed by atoms with Gasteiger partial charge in [-0.15, -0.1) is 0 Å². The summed E-state index contributed by atoms with van der Waals surface area (Å²) in [6.07, 6.45) is 7.45. The molecule has 1 aliphatic heterocycles. The predicted octanol–water partition coefficient (Wildman–Crippen LogP) is 4.32. The molecule has 26 heavy (non-hydrogen) atoms. The van der Waals surface area contributed by atoms with Gasteiger partial charge in [-0.1, -0.05) is 24.8 Å². The van der Waals surface area contributed by atoms with E-state index in [0.717, 1.165) is 29.2 Å². The first kappa shape index (κ1) is 19.3. The number of nitrogens with zero attached hydrogens (tertiary/aromatic N) is 1. The Labute approximate surface area is 159 Å². The second kappa shape index (κ2) is 8.46. The van der Waals surface area contributed by atoms with E-state index >= 15 is 0 Å². The Balaban J connectivity index is 1.90. The molecular formula is C20H28FN3OS. The fourth-order valence-electron chi connectivity index (χ4n) is 3.38. The Hall–Kier alpha value is -1.50. The minimum absolute atomic E-state index is 0.0953. The number of halogens is 1. The van der Waals surface area contributed by atoms with E-state index in [1.807, 2.05) is 24.8 Å². The highest BCUT2D eigenvalue weighted by Crippen LogP contribution is 2.43. The monoisotopic (exact) mass is 377 g/mol. The third-order valence-corrected chi connectivity index (χ3v) is 6.26. The zero-order valence-corrected chi connectivity index (χ0v) is 16.7. The molecule has 6 heteroatoms. The highest BCUT2D eigenvalue weighted by atomic mass is 32.2. The lowest BCUT2D eigenvalue weighted by Gasteiger charge is -2.20. The van der Waals surface area contributed by atoms with E-state index in [2.05, 4.69) is 35.8 Å². The number of ether oxygens (including phenoxy) is 1. The minimum Gasteiger partial charge on any atom is -0.496 e. The van der Waals surface area contributed by atoms with Crippen LogP contribution < -0.4 is 15.5 Å². The van der Waals surface area contributed by atoms with Gasteiger partial charge in [-0.05, 0) is 62.0 Å². The van der Waals surface area contributed by atoms with Crippen molar-refractivity contribution in [1.29, 1.82) is 0 Å². The van der Waals surface area contributed by atoms with Crippen LogP contribution in [0.1, 0.15) is 38.7 Å². The van der Waals surface area contributed by atoms with Crippen molar-refractivity contribution >= 4 is 17.3 Å². The van der Waals surface area contributed by atoms with Crippen LogP contribution in [-0.2, 0) is 0 Å². The number of allylic oxidation sites excluding steroid dienone is 3. The second-order valence-electron chi connectivity index (χ2n) is 6.72. The van der Waals surface area contributed by atoms with Crippen LogP contribution in [0.4, 0.5) is 4.39 Å². The van der Waals surface area contributed by atoms with Crippen LogP contribution in [0, 0.1) is 11.7 Å². The Morgan fingerprint density at radius 1 is 1.46 bits per heavy atom. The van der Waals surface area contributed by atoms with Crippen molar-refractivity contribution in [1.82, 2.24) is 15.8 Å². The standard InChI is InChI=1S/C20H28FN3OS/c1-5-7-17(22-20-23-24(3)19(26-20)13-8-9-13)15(6-2)16-12-14(21)10-11-18(16)25-4/h5,7,10-13,19-20,22-23H,6,8-9H2,1-4H3/b7-5-,17-15-. The van der Waals surface area contributed by atoms with Gasteiger partial charge in [0.25, 0.3) is 0 Å². The summed E-state index contributed by atoms with van der Waals surface area (Å²) in [6.45, 7) is 4.07. The van der Waals surface area contributed by atoms with E-state index in [0.29, 0.717) is 11.1 Å². The van der Waals surface area contributed by atoms with E-state index in [1.165, 1.54) is 18.9 Å². The van der Waals surface area contributed by atoms with Crippen molar-refractivity contribution in [3.8, 4) is 5.75 Å². The van der Waals surface area contributed by atoms with Gasteiger partial charge in [0.15, 0.2) is 0 Å². The second-order valence-corrected chi connectivity index (χ2v) is 7.95. The molecule has 2 aliphatic rings. The van der Waals surface area contributed by atoms with Crippen LogP contribution in [0.15, 0.2) is 36.0 Å². The van der Waals surface area contributed by atoms with Gasteiger partial charge in [0.05, 0.1) is 12.5 Å². The molecule has 3 rings (SSSR count). The first-order valence-corrected chi connectivity index (χ1v) is 10.1. The number of nitrogens with one attached hydrogen (secondary N) is 2. The number of hydrazine groups is 1. The Morgan fingerprint density at radius 3 is 2.85 bits per heavy atom. The maximum Gasteiger partial charge on any atom is 0.140 e. The fourth-order valence-corrected chi connectivity index (χ4v) is 4.82. The number of rotatable bonds is 7. The maximum atomic E-state index is 13.9. The van der Waals surface area contributed by atoms with Crippen LogP contribution in [-0.4, -0.2) is 30.0 Å². The minimum atomic E-state index is -0.256. The van der Waals surface area contributed by atoms with Gasteiger partial charge in [-0.3, -0.25) is 0 Å². The van der Waals surface area contributed by atoms with Gasteiger partial charge in [-0.25, -0.2) is 14.8 Å². The molecule has 4 nitrogen and oxygen atoms in total. The van der Waals surface area contributed by atoms with Crippen LogP contribution in [0.2, 0.25) is 0 Å². The summed E-state index contributed by atoms with van der Waals surface area (Å²) >= 11 is 1.91. The molecule has 2 unspecified atom stereocenters. The van der Waals surface area contributed by atoms with Gasteiger partial charge in [0.1, 0.15) is 17.1 Å². The maximum absolute atomic E-state index is 13.9. The van der Waals surface area contributed by atoms with Crippen LogP contribution >= 0.6 is 11.8 Å². The third-order valence-electron chi connectivity index (χ3n) is 4.79. The average molecular weight is 378 g/mol. The smallest absolute Gasteiger partial charge is 0.140 e. The molecule has 142 valence electrons. The Bertz CT molecular complexity index is 702. The lowest BCUT2D eigenvalue weighted by atomic mass is 9.99. The molecule has 0 spiro atoms. The molecule has 1 aromatic carbocycles. The van der Waals surface area contributed by atoms with E-state index < -0.39 is 0 Å². The van der Waals surface area contributed by atoms with Gasteiger partial charge < -0.3 is 10.1 Å². The van der Waals surface area contributed by atoms with Crippen molar-refractivity contribution in [2.75, 3.05) is 14.2 Å². The zero-order chi connectivity index (χ0) is 18.7. The summed E-state index contributed by atoms with van der Waals surface area (Å²) in [4.78, 5) is 0.